The molecule has 3 rings (SSSR count). The van der Waals surface area contributed by atoms with E-state index in [0.717, 1.165) is 16.5 Å². The van der Waals surface area contributed by atoms with Crippen molar-refractivity contribution in [2.45, 2.75) is 13.0 Å². The summed E-state index contributed by atoms with van der Waals surface area (Å²) < 4.78 is 0. The molecule has 0 aliphatic carbocycles. The Morgan fingerprint density at radius 1 is 1.05 bits per heavy atom. The van der Waals surface area contributed by atoms with Gasteiger partial charge in [0.2, 0.25) is 0 Å². The van der Waals surface area contributed by atoms with Gasteiger partial charge in [0.05, 0.1) is 11.6 Å². The van der Waals surface area contributed by atoms with E-state index in [2.05, 4.69) is 29.0 Å². The number of aromatic nitrogens is 1. The minimum Gasteiger partial charge on any atom is -0.285 e. The van der Waals surface area contributed by atoms with Crippen molar-refractivity contribution in [3.63, 3.8) is 0 Å². The summed E-state index contributed by atoms with van der Waals surface area (Å²) in [5, 5.41) is 1.55. The summed E-state index contributed by atoms with van der Waals surface area (Å²) in [5.41, 5.74) is 2.92. The molecule has 0 aliphatic rings. The van der Waals surface area contributed by atoms with Gasteiger partial charge in [0.1, 0.15) is 5.15 Å². The van der Waals surface area contributed by atoms with Crippen molar-refractivity contribution >= 4 is 28.7 Å². The van der Waals surface area contributed by atoms with Crippen LogP contribution in [-0.2, 0) is 0 Å². The van der Waals surface area contributed by atoms with Gasteiger partial charge in [-0.2, -0.15) is 0 Å². The average molecular weight is 295 g/mol. The first-order chi connectivity index (χ1) is 10.2. The molecule has 0 amide bonds. The Balaban J connectivity index is 1.90. The van der Waals surface area contributed by atoms with Crippen LogP contribution in [-0.4, -0.2) is 11.2 Å². The summed E-state index contributed by atoms with van der Waals surface area (Å²) in [4.78, 5) is 8.98. The Labute approximate surface area is 129 Å². The largest absolute Gasteiger partial charge is 0.285 e. The first-order valence-electron chi connectivity index (χ1n) is 6.87. The maximum atomic E-state index is 6.23. The summed E-state index contributed by atoms with van der Waals surface area (Å²) in [6.45, 7) is 2.06. The monoisotopic (exact) mass is 294 g/mol. The highest BCUT2D eigenvalue weighted by molar-refractivity contribution is 6.32. The van der Waals surface area contributed by atoms with E-state index in [1.807, 2.05) is 48.5 Å². The predicted molar refractivity (Wildman–Crippen MR) is 89.2 cm³/mol. The summed E-state index contributed by atoms with van der Waals surface area (Å²) in [5.74, 6) is 0. The van der Waals surface area contributed by atoms with Crippen molar-refractivity contribution in [1.82, 2.24) is 4.98 Å². The van der Waals surface area contributed by atoms with Crippen LogP contribution >= 0.6 is 11.6 Å². The topological polar surface area (TPSA) is 25.2 Å². The summed E-state index contributed by atoms with van der Waals surface area (Å²) >= 11 is 6.23. The van der Waals surface area contributed by atoms with Gasteiger partial charge in [0.15, 0.2) is 0 Å². The summed E-state index contributed by atoms with van der Waals surface area (Å²) in [7, 11) is 0. The van der Waals surface area contributed by atoms with Gasteiger partial charge in [-0.3, -0.25) is 4.99 Å². The normalized spacial score (nSPS) is 12.9. The van der Waals surface area contributed by atoms with Gasteiger partial charge in [-0.05, 0) is 24.6 Å². The van der Waals surface area contributed by atoms with Crippen molar-refractivity contribution in [1.29, 1.82) is 0 Å². The molecular formula is C18H15ClN2. The van der Waals surface area contributed by atoms with E-state index in [9.17, 15) is 0 Å². The second-order valence-electron chi connectivity index (χ2n) is 4.93. The van der Waals surface area contributed by atoms with Crippen molar-refractivity contribution in [2.24, 2.45) is 4.99 Å². The molecule has 3 aromatic rings. The molecule has 1 heterocycles. The summed E-state index contributed by atoms with van der Waals surface area (Å²) in [6.07, 6.45) is 1.80. The zero-order valence-corrected chi connectivity index (χ0v) is 12.5. The van der Waals surface area contributed by atoms with E-state index < -0.39 is 0 Å². The SMILES string of the molecule is CC(N=Cc1cc2ccccc2nc1Cl)c1ccccc1. The Morgan fingerprint density at radius 2 is 1.76 bits per heavy atom. The quantitative estimate of drug-likeness (QED) is 0.489. The number of hydrogen-bond acceptors (Lipinski definition) is 2. The number of rotatable bonds is 3. The molecule has 0 N–H and O–H groups in total. The number of fused-ring (bicyclic) bond motifs is 1. The van der Waals surface area contributed by atoms with Gasteiger partial charge in [0, 0.05) is 17.2 Å². The maximum Gasteiger partial charge on any atom is 0.138 e. The second kappa shape index (κ2) is 6.06. The number of aliphatic imine (C=N–C) groups is 1. The number of benzene rings is 2. The first-order valence-corrected chi connectivity index (χ1v) is 7.25. The van der Waals surface area contributed by atoms with Gasteiger partial charge >= 0.3 is 0 Å². The zero-order chi connectivity index (χ0) is 14.7. The van der Waals surface area contributed by atoms with Gasteiger partial charge in [-0.15, -0.1) is 0 Å². The van der Waals surface area contributed by atoms with Crippen LogP contribution in [0.4, 0.5) is 0 Å². The molecule has 0 radical (unpaired) electrons. The molecule has 21 heavy (non-hydrogen) atoms. The van der Waals surface area contributed by atoms with Crippen LogP contribution < -0.4 is 0 Å². The Kier molecular flexibility index (Phi) is 3.98. The molecule has 0 aliphatic heterocycles. The Hall–Kier alpha value is -2.19. The molecule has 1 atom stereocenters. The lowest BCUT2D eigenvalue weighted by atomic mass is 10.1. The van der Waals surface area contributed by atoms with Crippen molar-refractivity contribution in [3.05, 3.63) is 76.9 Å². The lowest BCUT2D eigenvalue weighted by Gasteiger charge is -2.06. The van der Waals surface area contributed by atoms with Crippen molar-refractivity contribution in [3.8, 4) is 0 Å². The fourth-order valence-electron chi connectivity index (χ4n) is 2.21. The van der Waals surface area contributed by atoms with E-state index in [1.165, 1.54) is 5.56 Å². The average Bonchev–Trinajstić information content (AvgIpc) is 2.53. The highest BCUT2D eigenvalue weighted by atomic mass is 35.5. The zero-order valence-electron chi connectivity index (χ0n) is 11.7. The number of hydrogen-bond donors (Lipinski definition) is 0. The molecule has 2 nitrogen and oxygen atoms in total. The molecule has 3 heteroatoms. The van der Waals surface area contributed by atoms with Crippen LogP contribution in [0.25, 0.3) is 10.9 Å². The fraction of sp³-hybridized carbons (Fsp3) is 0.111. The van der Waals surface area contributed by atoms with Crippen LogP contribution in [0.3, 0.4) is 0 Å². The predicted octanol–water partition coefficient (Wildman–Crippen LogP) is 5.07. The fourth-order valence-corrected chi connectivity index (χ4v) is 2.40. The molecular weight excluding hydrogens is 280 g/mol. The summed E-state index contributed by atoms with van der Waals surface area (Å²) in [6, 6.07) is 20.2. The van der Waals surface area contributed by atoms with Crippen molar-refractivity contribution in [2.75, 3.05) is 0 Å². The van der Waals surface area contributed by atoms with Crippen LogP contribution in [0.5, 0.6) is 0 Å². The van der Waals surface area contributed by atoms with Crippen LogP contribution in [0, 0.1) is 0 Å². The van der Waals surface area contributed by atoms with Gasteiger partial charge in [-0.1, -0.05) is 60.1 Å². The third-order valence-electron chi connectivity index (χ3n) is 3.42. The molecule has 0 saturated carbocycles. The van der Waals surface area contributed by atoms with Crippen LogP contribution in [0.2, 0.25) is 5.15 Å². The van der Waals surface area contributed by atoms with E-state index in [0.29, 0.717) is 5.15 Å². The lowest BCUT2D eigenvalue weighted by Crippen LogP contribution is -1.93. The standard InChI is InChI=1S/C18H15ClN2/c1-13(14-7-3-2-4-8-14)20-12-16-11-15-9-5-6-10-17(15)21-18(16)19/h2-13H,1H3. The molecule has 0 bridgehead atoms. The number of halogens is 1. The molecule has 0 spiro atoms. The second-order valence-corrected chi connectivity index (χ2v) is 5.28. The highest BCUT2D eigenvalue weighted by Crippen LogP contribution is 2.21. The minimum atomic E-state index is 0.0914. The smallest absolute Gasteiger partial charge is 0.138 e. The lowest BCUT2D eigenvalue weighted by molar-refractivity contribution is 0.825. The maximum absolute atomic E-state index is 6.23. The molecule has 0 fully saturated rings. The first kappa shape index (κ1) is 13.8. The molecule has 1 aromatic heterocycles. The molecule has 2 aromatic carbocycles. The van der Waals surface area contributed by atoms with E-state index in [1.54, 1.807) is 6.21 Å². The van der Waals surface area contributed by atoms with Gasteiger partial charge in [-0.25, -0.2) is 4.98 Å². The van der Waals surface area contributed by atoms with Crippen LogP contribution in [0.15, 0.2) is 65.7 Å². The highest BCUT2D eigenvalue weighted by Gasteiger charge is 2.04. The van der Waals surface area contributed by atoms with E-state index >= 15 is 0 Å². The van der Waals surface area contributed by atoms with Crippen molar-refractivity contribution < 1.29 is 0 Å². The number of para-hydroxylation sites is 1. The number of pyridine rings is 1. The molecule has 1 unspecified atom stereocenters. The Morgan fingerprint density at radius 3 is 2.57 bits per heavy atom. The minimum absolute atomic E-state index is 0.0914. The number of nitrogens with zero attached hydrogens (tertiary/aromatic N) is 2. The molecule has 104 valence electrons. The molecule has 0 saturated heterocycles. The van der Waals surface area contributed by atoms with Gasteiger partial charge in [0.25, 0.3) is 0 Å². The third-order valence-corrected chi connectivity index (χ3v) is 3.73. The van der Waals surface area contributed by atoms with E-state index in [-0.39, 0.29) is 6.04 Å². The van der Waals surface area contributed by atoms with Crippen LogP contribution in [0.1, 0.15) is 24.1 Å². The van der Waals surface area contributed by atoms with Gasteiger partial charge < -0.3 is 0 Å². The Bertz CT molecular complexity index is 782. The third kappa shape index (κ3) is 3.11. The van der Waals surface area contributed by atoms with E-state index in [4.69, 9.17) is 11.6 Å².